The van der Waals surface area contributed by atoms with Crippen LogP contribution in [0.4, 0.5) is 0 Å². The van der Waals surface area contributed by atoms with E-state index in [4.69, 9.17) is 23.2 Å². The Hall–Kier alpha value is -0.0500. The van der Waals surface area contributed by atoms with Crippen molar-refractivity contribution in [1.82, 2.24) is 0 Å². The summed E-state index contributed by atoms with van der Waals surface area (Å²) in [6.45, 7) is 1.84. The zero-order valence-corrected chi connectivity index (χ0v) is 10.7. The summed E-state index contributed by atoms with van der Waals surface area (Å²) in [4.78, 5) is 11.8. The highest BCUT2D eigenvalue weighted by Crippen LogP contribution is 2.31. The van der Waals surface area contributed by atoms with Gasteiger partial charge in [-0.15, -0.1) is 0 Å². The van der Waals surface area contributed by atoms with Crippen LogP contribution in [0.3, 0.4) is 0 Å². The van der Waals surface area contributed by atoms with Gasteiger partial charge in [0.05, 0.1) is 0 Å². The Balaban J connectivity index is 2.96. The van der Waals surface area contributed by atoms with Crippen LogP contribution >= 0.6 is 39.1 Å². The van der Waals surface area contributed by atoms with E-state index in [1.54, 1.807) is 24.3 Å². The van der Waals surface area contributed by atoms with Crippen LogP contribution in [0.5, 0.6) is 0 Å². The van der Waals surface area contributed by atoms with Gasteiger partial charge in [-0.25, -0.2) is 0 Å². The number of rotatable bonds is 3. The van der Waals surface area contributed by atoms with Crippen LogP contribution in [0.25, 0.3) is 0 Å². The van der Waals surface area contributed by atoms with E-state index in [1.807, 2.05) is 6.92 Å². The Kier molecular flexibility index (Phi) is 3.99. The lowest BCUT2D eigenvalue weighted by Crippen LogP contribution is -2.24. The molecular formula is C10H9BrCl2O. The molecule has 0 N–H and O–H groups in total. The number of Topliss-reactive ketones (excluding diaryl/α,β-unsaturated/α-hetero) is 1. The maximum Gasteiger partial charge on any atom is 0.194 e. The fourth-order valence-electron chi connectivity index (χ4n) is 0.973. The minimum Gasteiger partial charge on any atom is -0.291 e. The van der Waals surface area contributed by atoms with Crippen LogP contribution in [-0.2, 0) is 0 Å². The molecule has 1 aromatic rings. The third-order valence-corrected chi connectivity index (χ3v) is 3.49. The zero-order valence-electron chi connectivity index (χ0n) is 7.56. The number of carbonyl (C=O) groups is 1. The molecule has 0 amide bonds. The standard InChI is InChI=1S/C10H9BrCl2O/c1-2-10(11,13)9(14)7-3-5-8(12)6-4-7/h3-6H,2H2,1H3. The lowest BCUT2D eigenvalue weighted by atomic mass is 10.1. The zero-order chi connectivity index (χ0) is 10.8. The van der Waals surface area contributed by atoms with Crippen molar-refractivity contribution < 1.29 is 4.79 Å². The summed E-state index contributed by atoms with van der Waals surface area (Å²) in [5.74, 6) is -0.140. The maximum atomic E-state index is 11.8. The van der Waals surface area contributed by atoms with Crippen LogP contribution in [0.1, 0.15) is 23.7 Å². The first-order valence-corrected chi connectivity index (χ1v) is 5.70. The number of ketones is 1. The average Bonchev–Trinajstić information content (AvgIpc) is 2.18. The molecule has 1 atom stereocenters. The average molecular weight is 296 g/mol. The van der Waals surface area contributed by atoms with Gasteiger partial charge in [-0.2, -0.15) is 0 Å². The van der Waals surface area contributed by atoms with E-state index in [1.165, 1.54) is 0 Å². The summed E-state index contributed by atoms with van der Waals surface area (Å²) in [7, 11) is 0. The second-order valence-corrected chi connectivity index (χ2v) is 5.79. The highest BCUT2D eigenvalue weighted by atomic mass is 79.9. The molecular weight excluding hydrogens is 287 g/mol. The van der Waals surface area contributed by atoms with Crippen molar-refractivity contribution in [3.63, 3.8) is 0 Å². The van der Waals surface area contributed by atoms with Crippen LogP contribution in [0, 0.1) is 0 Å². The summed E-state index contributed by atoms with van der Waals surface area (Å²) in [5, 5.41) is 0.604. The number of alkyl halides is 2. The van der Waals surface area contributed by atoms with Gasteiger partial charge >= 0.3 is 0 Å². The quantitative estimate of drug-likeness (QED) is 0.601. The molecule has 1 unspecified atom stereocenters. The van der Waals surface area contributed by atoms with E-state index in [0.29, 0.717) is 17.0 Å². The van der Waals surface area contributed by atoms with Crippen LogP contribution in [0.15, 0.2) is 24.3 Å². The van der Waals surface area contributed by atoms with Crippen molar-refractivity contribution in [2.24, 2.45) is 0 Å². The molecule has 0 aliphatic heterocycles. The smallest absolute Gasteiger partial charge is 0.194 e. The van der Waals surface area contributed by atoms with E-state index in [2.05, 4.69) is 15.9 Å². The van der Waals surface area contributed by atoms with Crippen molar-refractivity contribution in [1.29, 1.82) is 0 Å². The molecule has 0 saturated carbocycles. The topological polar surface area (TPSA) is 17.1 Å². The van der Waals surface area contributed by atoms with Crippen LogP contribution < -0.4 is 0 Å². The molecule has 0 fully saturated rings. The molecule has 0 aliphatic rings. The number of benzene rings is 1. The number of halogens is 3. The predicted molar refractivity (Wildman–Crippen MR) is 63.6 cm³/mol. The Morgan fingerprint density at radius 2 is 1.93 bits per heavy atom. The van der Waals surface area contributed by atoms with Crippen molar-refractivity contribution in [2.75, 3.05) is 0 Å². The van der Waals surface area contributed by atoms with E-state index >= 15 is 0 Å². The molecule has 0 bridgehead atoms. The first-order valence-electron chi connectivity index (χ1n) is 4.15. The van der Waals surface area contributed by atoms with Gasteiger partial charge in [-0.3, -0.25) is 4.79 Å². The summed E-state index contributed by atoms with van der Waals surface area (Å²) < 4.78 is -0.999. The lowest BCUT2D eigenvalue weighted by Gasteiger charge is -2.15. The molecule has 0 spiro atoms. The minimum atomic E-state index is -0.999. The fourth-order valence-corrected chi connectivity index (χ4v) is 1.44. The number of hydrogen-bond donors (Lipinski definition) is 0. The third-order valence-electron chi connectivity index (χ3n) is 1.88. The van der Waals surface area contributed by atoms with E-state index in [9.17, 15) is 4.79 Å². The highest BCUT2D eigenvalue weighted by Gasteiger charge is 2.31. The molecule has 4 heteroatoms. The largest absolute Gasteiger partial charge is 0.291 e. The molecule has 76 valence electrons. The normalized spacial score (nSPS) is 14.9. The van der Waals surface area contributed by atoms with Gasteiger partial charge in [0.25, 0.3) is 0 Å². The van der Waals surface area contributed by atoms with Gasteiger partial charge in [0.1, 0.15) is 0 Å². The Morgan fingerprint density at radius 1 is 1.43 bits per heavy atom. The SMILES string of the molecule is CCC(Cl)(Br)C(=O)c1ccc(Cl)cc1. The summed E-state index contributed by atoms with van der Waals surface area (Å²) in [6, 6.07) is 6.67. The molecule has 0 aromatic heterocycles. The van der Waals surface area contributed by atoms with Gasteiger partial charge in [0.2, 0.25) is 0 Å². The van der Waals surface area contributed by atoms with Crippen molar-refractivity contribution in [3.8, 4) is 0 Å². The molecule has 1 nitrogen and oxygen atoms in total. The number of hydrogen-bond acceptors (Lipinski definition) is 1. The Morgan fingerprint density at radius 3 is 2.36 bits per heavy atom. The molecule has 14 heavy (non-hydrogen) atoms. The lowest BCUT2D eigenvalue weighted by molar-refractivity contribution is 0.0976. The van der Waals surface area contributed by atoms with Gasteiger partial charge in [-0.1, -0.05) is 46.1 Å². The van der Waals surface area contributed by atoms with Gasteiger partial charge in [0, 0.05) is 10.6 Å². The van der Waals surface area contributed by atoms with Crippen molar-refractivity contribution >= 4 is 44.9 Å². The van der Waals surface area contributed by atoms with Crippen molar-refractivity contribution in [2.45, 2.75) is 17.1 Å². The molecule has 0 heterocycles. The van der Waals surface area contributed by atoms with E-state index in [-0.39, 0.29) is 5.78 Å². The molecule has 0 saturated heterocycles. The summed E-state index contributed by atoms with van der Waals surface area (Å²) in [6.07, 6.45) is 0.524. The Labute approximate surface area is 102 Å². The van der Waals surface area contributed by atoms with Crippen LogP contribution in [0.2, 0.25) is 5.02 Å². The highest BCUT2D eigenvalue weighted by molar-refractivity contribution is 9.10. The van der Waals surface area contributed by atoms with E-state index in [0.717, 1.165) is 0 Å². The first-order chi connectivity index (χ1) is 6.47. The summed E-state index contributed by atoms with van der Waals surface area (Å²) in [5.41, 5.74) is 0.558. The number of carbonyl (C=O) groups excluding carboxylic acids is 1. The fraction of sp³-hybridized carbons (Fsp3) is 0.300. The first kappa shape index (κ1) is 12.0. The van der Waals surface area contributed by atoms with Crippen molar-refractivity contribution in [3.05, 3.63) is 34.9 Å². The predicted octanol–water partition coefficient (Wildman–Crippen LogP) is 4.26. The molecule has 0 radical (unpaired) electrons. The molecule has 1 rings (SSSR count). The van der Waals surface area contributed by atoms with Gasteiger partial charge in [-0.05, 0) is 30.7 Å². The monoisotopic (exact) mass is 294 g/mol. The minimum absolute atomic E-state index is 0.140. The van der Waals surface area contributed by atoms with E-state index < -0.39 is 3.78 Å². The van der Waals surface area contributed by atoms with Gasteiger partial charge in [0.15, 0.2) is 9.57 Å². The second kappa shape index (κ2) is 4.65. The Bertz CT molecular complexity index is 332. The maximum absolute atomic E-state index is 11.8. The second-order valence-electron chi connectivity index (χ2n) is 2.89. The third kappa shape index (κ3) is 2.72. The summed E-state index contributed by atoms with van der Waals surface area (Å²) >= 11 is 14.9. The molecule has 0 aliphatic carbocycles. The van der Waals surface area contributed by atoms with Gasteiger partial charge < -0.3 is 0 Å². The molecule has 1 aromatic carbocycles. The van der Waals surface area contributed by atoms with Crippen LogP contribution in [-0.4, -0.2) is 9.57 Å².